The molecule has 1 radical (unpaired) electrons. The van der Waals surface area contributed by atoms with E-state index in [-0.39, 0.29) is 20.7 Å². The van der Waals surface area contributed by atoms with Gasteiger partial charge in [0.2, 0.25) is 0 Å². The smallest absolute Gasteiger partial charge is 0.0345 e. The Hall–Kier alpha value is -1.12. The Morgan fingerprint density at radius 1 is 1.45 bits per heavy atom. The topological polar surface area (TPSA) is 12.4 Å². The molecular formula is C8H11ILrN-. The molecule has 11 heavy (non-hydrogen) atoms. The van der Waals surface area contributed by atoms with Gasteiger partial charge in [0.25, 0.3) is 0 Å². The number of hydrogen-bond donors (Lipinski definition) is 0. The van der Waals surface area contributed by atoms with Crippen molar-refractivity contribution in [2.24, 2.45) is 4.99 Å². The summed E-state index contributed by atoms with van der Waals surface area (Å²) in [5.41, 5.74) is 1.13. The fourth-order valence-electron chi connectivity index (χ4n) is 0.803. The van der Waals surface area contributed by atoms with E-state index >= 15 is 0 Å². The quantitative estimate of drug-likeness (QED) is 0.352. The molecule has 0 saturated heterocycles. The second-order valence-corrected chi connectivity index (χ2v) is 6.25. The molecule has 0 unspecified atom stereocenters. The van der Waals surface area contributed by atoms with Crippen LogP contribution in [0.4, 0.5) is 0 Å². The molecule has 1 aliphatic heterocycles. The van der Waals surface area contributed by atoms with Gasteiger partial charge in [-0.15, -0.1) is 6.21 Å². The first kappa shape index (κ1) is 9.88. The molecule has 1 nitrogen and oxygen atoms in total. The molecule has 0 fully saturated rings. The van der Waals surface area contributed by atoms with E-state index in [2.05, 4.69) is 24.9 Å². The van der Waals surface area contributed by atoms with E-state index in [1.807, 2.05) is 13.1 Å². The molecule has 0 aromatic carbocycles. The van der Waals surface area contributed by atoms with Gasteiger partial charge in [-0.2, -0.15) is 6.92 Å². The second kappa shape index (κ2) is 3.91. The van der Waals surface area contributed by atoms with E-state index in [0.717, 1.165) is 5.70 Å². The summed E-state index contributed by atoms with van der Waals surface area (Å²) in [6.45, 7) is 6.39. The minimum Gasteiger partial charge on any atom is -0.296 e. The first-order valence-electron chi connectivity index (χ1n) is 3.23. The average molecular weight is 510 g/mol. The van der Waals surface area contributed by atoms with Crippen molar-refractivity contribution in [2.75, 3.05) is 0 Å². The summed E-state index contributed by atoms with van der Waals surface area (Å²) in [7, 11) is 0. The number of hydrogen-bond acceptors (Lipinski definition) is 1. The fourth-order valence-corrected chi connectivity index (χ4v) is 3.03. The molecule has 0 N–H and O–H groups in total. The molecule has 0 aromatic heterocycles. The van der Waals surface area contributed by atoms with Gasteiger partial charge in [-0.05, 0) is 23.4 Å². The predicted molar refractivity (Wildman–Crippen MR) is 55.9 cm³/mol. The van der Waals surface area contributed by atoms with Gasteiger partial charge < -0.3 is 0 Å². The Labute approximate surface area is 72.0 Å². The zero-order chi connectivity index (χ0) is 7.56. The zero-order valence-electron chi connectivity index (χ0n) is 6.74. The van der Waals surface area contributed by atoms with Crippen molar-refractivity contribution in [3.8, 4) is 0 Å². The van der Waals surface area contributed by atoms with Gasteiger partial charge in [-0.25, -0.2) is 0 Å². The number of allylic oxidation sites excluding steroid dienone is 2. The molecule has 3 heteroatoms. The van der Waals surface area contributed by atoms with E-state index in [4.69, 9.17) is 0 Å². The molecule has 71 valence electrons. The summed E-state index contributed by atoms with van der Waals surface area (Å²) < 4.78 is 2.95. The number of nitrogens with zero attached hydrogens (tertiary/aromatic N) is 1. The Bertz CT molecular complexity index is 218. The predicted octanol–water partition coefficient (Wildman–Crippen LogP) is 2.69. The third kappa shape index (κ3) is 2.98. The first-order chi connectivity index (χ1) is 4.68. The van der Waals surface area contributed by atoms with Gasteiger partial charge in [0.05, 0.1) is 0 Å². The number of rotatable bonds is 0. The summed E-state index contributed by atoms with van der Waals surface area (Å²) in [5, 5.41) is 0. The Balaban J connectivity index is 0.000001000. The van der Waals surface area contributed by atoms with E-state index in [1.54, 1.807) is 0 Å². The normalized spacial score (nSPS) is 17.2. The first-order valence-corrected chi connectivity index (χ1v) is 5.38. The molecule has 1 heterocycles. The molecule has 0 atom stereocenters. The van der Waals surface area contributed by atoms with Crippen LogP contribution in [0.3, 0.4) is 0 Å². The number of halogens is 1. The minimum atomic E-state index is 0. The van der Waals surface area contributed by atoms with Gasteiger partial charge in [0.1, 0.15) is 0 Å². The van der Waals surface area contributed by atoms with Crippen LogP contribution < -0.4 is 0 Å². The monoisotopic (exact) mass is 510 g/mol. The van der Waals surface area contributed by atoms with E-state index in [9.17, 15) is 0 Å². The summed E-state index contributed by atoms with van der Waals surface area (Å²) in [4.78, 5) is 4.26. The Morgan fingerprint density at radius 3 is 2.73 bits per heavy atom. The van der Waals surface area contributed by atoms with Crippen LogP contribution in [0.5, 0.6) is 0 Å². The van der Waals surface area contributed by atoms with Crippen LogP contribution >= 0.6 is 20.7 Å². The van der Waals surface area contributed by atoms with Crippen molar-refractivity contribution < 1.29 is 0 Å². The maximum atomic E-state index is 4.26. The molecule has 0 spiro atoms. The molecule has 1 aliphatic rings. The molecule has 1 rings (SSSR count). The molecule has 0 amide bonds. The molecule has 0 aliphatic carbocycles. The Kier molecular flexibility index (Phi) is 3.51. The van der Waals surface area contributed by atoms with Gasteiger partial charge >= 0.3 is 0 Å². The van der Waals surface area contributed by atoms with Gasteiger partial charge in [-0.3, -0.25) is 29.6 Å². The van der Waals surface area contributed by atoms with Crippen LogP contribution in [0.15, 0.2) is 16.8 Å². The molecule has 0 saturated carbocycles. The molecular weight excluding hydrogens is 499 g/mol. The van der Waals surface area contributed by atoms with Gasteiger partial charge in [0.15, 0.2) is 0 Å². The summed E-state index contributed by atoms with van der Waals surface area (Å²) in [6, 6.07) is 0. The number of aliphatic imine (C=N–C) groups is 1. The molecule has 0 bridgehead atoms. The SMILES string of the molecule is CC1=CC(C)=I[C-](C)C=N1.[Lr]. The van der Waals surface area contributed by atoms with E-state index < -0.39 is 0 Å². The van der Waals surface area contributed by atoms with E-state index in [1.165, 1.54) is 7.43 Å². The van der Waals surface area contributed by atoms with Gasteiger partial charge in [-0.1, -0.05) is 0 Å². The maximum absolute atomic E-state index is 4.26. The van der Waals surface area contributed by atoms with Gasteiger partial charge in [0, 0.05) is 5.70 Å². The van der Waals surface area contributed by atoms with Crippen LogP contribution in [0.2, 0.25) is 0 Å². The second-order valence-electron chi connectivity index (χ2n) is 2.31. The van der Waals surface area contributed by atoms with Crippen molar-refractivity contribution >= 4 is 30.5 Å². The van der Waals surface area contributed by atoms with E-state index in [0.29, 0.717) is 0 Å². The third-order valence-corrected chi connectivity index (χ3v) is 3.44. The standard InChI is InChI=1S/C8H11IN.Lr/c1-6-4-8(3)10-5-7(2)9-6;/h4-5H,1-3H3;/q-1;. The van der Waals surface area contributed by atoms with Crippen molar-refractivity contribution in [3.05, 3.63) is 15.7 Å². The van der Waals surface area contributed by atoms with Crippen LogP contribution in [0.1, 0.15) is 20.8 Å². The third-order valence-electron chi connectivity index (χ3n) is 1.15. The minimum absolute atomic E-state index is 0. The maximum Gasteiger partial charge on any atom is 0.0345 e. The fraction of sp³-hybridized carbons (Fsp3) is 0.375. The molecule has 0 aromatic rings. The van der Waals surface area contributed by atoms with Crippen LogP contribution in [0.25, 0.3) is 0 Å². The Morgan fingerprint density at radius 2 is 2.09 bits per heavy atom. The summed E-state index contributed by atoms with van der Waals surface area (Å²) in [5.74, 6) is 0. The average Bonchev–Trinajstić information content (AvgIpc) is 1.93. The van der Waals surface area contributed by atoms with Crippen molar-refractivity contribution in [3.63, 3.8) is 0 Å². The van der Waals surface area contributed by atoms with Crippen molar-refractivity contribution in [1.29, 1.82) is 0 Å². The van der Waals surface area contributed by atoms with Crippen molar-refractivity contribution in [1.82, 2.24) is 0 Å². The van der Waals surface area contributed by atoms with Crippen LogP contribution in [0, 0.1) is 3.92 Å². The zero-order valence-corrected chi connectivity index (χ0v) is 11.0. The summed E-state index contributed by atoms with van der Waals surface area (Å²) >= 11 is 0.142. The largest absolute Gasteiger partial charge is 0.296 e. The van der Waals surface area contributed by atoms with Crippen LogP contribution in [-0.2, 0) is 0 Å². The van der Waals surface area contributed by atoms with Crippen LogP contribution in [-0.4, -0.2) is 9.72 Å². The summed E-state index contributed by atoms with van der Waals surface area (Å²) in [6.07, 6.45) is 4.18. The van der Waals surface area contributed by atoms with Crippen molar-refractivity contribution in [2.45, 2.75) is 20.8 Å².